The molecule has 2 aromatic heterocycles. The van der Waals surface area contributed by atoms with Gasteiger partial charge in [-0.1, -0.05) is 13.0 Å². The van der Waals surface area contributed by atoms with Crippen LogP contribution in [0.4, 0.5) is 5.00 Å². The van der Waals surface area contributed by atoms with Gasteiger partial charge >= 0.3 is 0 Å². The minimum absolute atomic E-state index is 0.169. The lowest BCUT2D eigenvalue weighted by molar-refractivity contribution is -0.120. The van der Waals surface area contributed by atoms with Crippen molar-refractivity contribution in [3.05, 3.63) is 33.5 Å². The lowest BCUT2D eigenvalue weighted by atomic mass is 9.88. The molecule has 1 aliphatic heterocycles. The van der Waals surface area contributed by atoms with Crippen LogP contribution < -0.4 is 11.1 Å². The molecule has 0 spiro atoms. The fourth-order valence-corrected chi connectivity index (χ4v) is 8.24. The highest BCUT2D eigenvalue weighted by molar-refractivity contribution is 7.91. The van der Waals surface area contributed by atoms with Gasteiger partial charge in [-0.15, -0.1) is 22.7 Å². The number of thiophene rings is 2. The van der Waals surface area contributed by atoms with E-state index in [1.54, 1.807) is 17.5 Å². The van der Waals surface area contributed by atoms with Gasteiger partial charge in [0.2, 0.25) is 5.91 Å². The molecule has 2 aromatic rings. The van der Waals surface area contributed by atoms with E-state index in [9.17, 15) is 18.0 Å². The van der Waals surface area contributed by atoms with E-state index in [1.165, 1.54) is 27.0 Å². The number of sulfonamides is 1. The Bertz CT molecular complexity index is 1050. The van der Waals surface area contributed by atoms with Gasteiger partial charge in [-0.2, -0.15) is 4.31 Å². The predicted molar refractivity (Wildman–Crippen MR) is 118 cm³/mol. The zero-order valence-corrected chi connectivity index (χ0v) is 19.2. The first-order valence-corrected chi connectivity index (χ1v) is 13.2. The van der Waals surface area contributed by atoms with E-state index in [-0.39, 0.29) is 11.8 Å². The SMILES string of the molecule is C[C@H]1CCc2c(sc(NC(=O)C3CCN(S(=O)(=O)c4cccs4)CC3)c2C(N)=O)C1. The summed E-state index contributed by atoms with van der Waals surface area (Å²) in [4.78, 5) is 26.1. The van der Waals surface area contributed by atoms with Crippen molar-refractivity contribution in [3.63, 3.8) is 0 Å². The van der Waals surface area contributed by atoms with Gasteiger partial charge < -0.3 is 11.1 Å². The Labute approximate surface area is 184 Å². The molecule has 0 bridgehead atoms. The molecule has 1 fully saturated rings. The van der Waals surface area contributed by atoms with Crippen LogP contribution in [0.2, 0.25) is 0 Å². The third-order valence-electron chi connectivity index (χ3n) is 5.91. The maximum Gasteiger partial charge on any atom is 0.252 e. The van der Waals surface area contributed by atoms with Gasteiger partial charge in [-0.3, -0.25) is 9.59 Å². The Morgan fingerprint density at radius 2 is 1.97 bits per heavy atom. The Hall–Kier alpha value is -1.75. The summed E-state index contributed by atoms with van der Waals surface area (Å²) in [5.41, 5.74) is 7.06. The highest BCUT2D eigenvalue weighted by Gasteiger charge is 2.34. The molecule has 0 aromatic carbocycles. The van der Waals surface area contributed by atoms with Gasteiger partial charge in [0.15, 0.2) is 0 Å². The largest absolute Gasteiger partial charge is 0.365 e. The summed E-state index contributed by atoms with van der Waals surface area (Å²) in [5.74, 6) is -0.417. The average Bonchev–Trinajstić information content (AvgIpc) is 3.36. The number of fused-ring (bicyclic) bond motifs is 1. The molecule has 3 heterocycles. The highest BCUT2D eigenvalue weighted by atomic mass is 32.2. The van der Waals surface area contributed by atoms with Gasteiger partial charge in [0.1, 0.15) is 9.21 Å². The molecule has 10 heteroatoms. The van der Waals surface area contributed by atoms with Crippen molar-refractivity contribution in [2.75, 3.05) is 18.4 Å². The van der Waals surface area contributed by atoms with Gasteiger partial charge in [0.05, 0.1) is 5.56 Å². The van der Waals surface area contributed by atoms with Crippen LogP contribution in [0.5, 0.6) is 0 Å². The number of primary amides is 1. The number of nitrogens with zero attached hydrogens (tertiary/aromatic N) is 1. The second-order valence-electron chi connectivity index (χ2n) is 8.02. The Morgan fingerprint density at radius 1 is 1.23 bits per heavy atom. The van der Waals surface area contributed by atoms with Crippen molar-refractivity contribution >= 4 is 49.5 Å². The summed E-state index contributed by atoms with van der Waals surface area (Å²) in [6.07, 6.45) is 3.61. The zero-order chi connectivity index (χ0) is 21.5. The Morgan fingerprint density at radius 3 is 2.60 bits per heavy atom. The summed E-state index contributed by atoms with van der Waals surface area (Å²) in [5, 5.41) is 5.21. The minimum Gasteiger partial charge on any atom is -0.365 e. The molecule has 162 valence electrons. The first-order valence-electron chi connectivity index (χ1n) is 10.1. The van der Waals surface area contributed by atoms with Crippen LogP contribution in [0.25, 0.3) is 0 Å². The lowest BCUT2D eigenvalue weighted by Crippen LogP contribution is -2.41. The standard InChI is InChI=1S/C20H25N3O4S3/c1-12-4-5-14-15(11-12)29-20(17(14)18(21)24)22-19(25)13-6-8-23(9-7-13)30(26,27)16-3-2-10-28-16/h2-3,10,12-13H,4-9,11H2,1H3,(H2,21,24)(H,22,25)/t12-/m0/s1. The van der Waals surface area contributed by atoms with Gasteiger partial charge in [0, 0.05) is 23.9 Å². The van der Waals surface area contributed by atoms with Crippen LogP contribution in [-0.2, 0) is 27.7 Å². The third-order valence-corrected chi connectivity index (χ3v) is 10.4. The smallest absolute Gasteiger partial charge is 0.252 e. The number of carbonyl (C=O) groups excluding carboxylic acids is 2. The van der Waals surface area contributed by atoms with Crippen molar-refractivity contribution in [1.29, 1.82) is 0 Å². The molecule has 1 atom stereocenters. The summed E-state index contributed by atoms with van der Waals surface area (Å²) in [6, 6.07) is 3.32. The quantitative estimate of drug-likeness (QED) is 0.704. The fraction of sp³-hybridized carbons (Fsp3) is 0.500. The molecule has 7 nitrogen and oxygen atoms in total. The molecular formula is C20H25N3O4S3. The van der Waals surface area contributed by atoms with E-state index in [4.69, 9.17) is 5.73 Å². The summed E-state index contributed by atoms with van der Waals surface area (Å²) in [6.45, 7) is 2.79. The number of anilines is 1. The Kier molecular flexibility index (Phi) is 6.02. The molecule has 30 heavy (non-hydrogen) atoms. The molecule has 1 saturated heterocycles. The van der Waals surface area contributed by atoms with Crippen molar-refractivity contribution in [2.24, 2.45) is 17.6 Å². The molecule has 0 unspecified atom stereocenters. The molecule has 1 aliphatic carbocycles. The van der Waals surface area contributed by atoms with Crippen LogP contribution in [0.3, 0.4) is 0 Å². The van der Waals surface area contributed by atoms with Gasteiger partial charge in [0.25, 0.3) is 15.9 Å². The van der Waals surface area contributed by atoms with E-state index in [0.29, 0.717) is 46.6 Å². The molecule has 0 saturated carbocycles. The lowest BCUT2D eigenvalue weighted by Gasteiger charge is -2.30. The zero-order valence-electron chi connectivity index (χ0n) is 16.7. The molecule has 2 amide bonds. The number of hydrogen-bond donors (Lipinski definition) is 2. The van der Waals surface area contributed by atoms with Crippen molar-refractivity contribution < 1.29 is 18.0 Å². The second-order valence-corrected chi connectivity index (χ2v) is 12.2. The number of rotatable bonds is 5. The monoisotopic (exact) mass is 467 g/mol. The number of carbonyl (C=O) groups is 2. The van der Waals surface area contributed by atoms with Crippen LogP contribution in [0, 0.1) is 11.8 Å². The van der Waals surface area contributed by atoms with Crippen molar-refractivity contribution in [1.82, 2.24) is 4.31 Å². The van der Waals surface area contributed by atoms with Crippen LogP contribution >= 0.6 is 22.7 Å². The minimum atomic E-state index is -3.49. The number of nitrogens with two attached hydrogens (primary N) is 1. The average molecular weight is 468 g/mol. The first kappa shape index (κ1) is 21.5. The Balaban J connectivity index is 1.44. The van der Waals surface area contributed by atoms with Crippen LogP contribution in [-0.4, -0.2) is 37.6 Å². The number of hydrogen-bond acceptors (Lipinski definition) is 6. The fourth-order valence-electron chi connectivity index (χ4n) is 4.21. The van der Waals surface area contributed by atoms with E-state index in [2.05, 4.69) is 12.2 Å². The summed E-state index contributed by atoms with van der Waals surface area (Å²) in [7, 11) is -3.49. The molecular weight excluding hydrogens is 442 g/mol. The molecule has 4 rings (SSSR count). The maximum absolute atomic E-state index is 12.9. The summed E-state index contributed by atoms with van der Waals surface area (Å²) >= 11 is 2.65. The molecule has 2 aliphatic rings. The normalized spacial score (nSPS) is 20.6. The van der Waals surface area contributed by atoms with E-state index < -0.39 is 15.9 Å². The third kappa shape index (κ3) is 4.05. The van der Waals surface area contributed by atoms with Crippen LogP contribution in [0.15, 0.2) is 21.7 Å². The first-order chi connectivity index (χ1) is 14.3. The number of piperidine rings is 1. The molecule has 3 N–H and O–H groups in total. The molecule has 0 radical (unpaired) electrons. The summed E-state index contributed by atoms with van der Waals surface area (Å²) < 4.78 is 27.1. The number of nitrogens with one attached hydrogen (secondary N) is 1. The van der Waals surface area contributed by atoms with E-state index in [1.807, 2.05) is 0 Å². The van der Waals surface area contributed by atoms with Gasteiger partial charge in [-0.25, -0.2) is 8.42 Å². The predicted octanol–water partition coefficient (Wildman–Crippen LogP) is 3.07. The maximum atomic E-state index is 12.9. The van der Waals surface area contributed by atoms with Crippen molar-refractivity contribution in [2.45, 2.75) is 43.2 Å². The second kappa shape index (κ2) is 8.41. The van der Waals surface area contributed by atoms with Gasteiger partial charge in [-0.05, 0) is 55.0 Å². The van der Waals surface area contributed by atoms with E-state index >= 15 is 0 Å². The van der Waals surface area contributed by atoms with Crippen molar-refractivity contribution in [3.8, 4) is 0 Å². The number of amides is 2. The highest BCUT2D eigenvalue weighted by Crippen LogP contribution is 2.40. The van der Waals surface area contributed by atoms with Crippen LogP contribution in [0.1, 0.15) is 47.0 Å². The van der Waals surface area contributed by atoms with E-state index in [0.717, 1.165) is 29.7 Å². The topological polar surface area (TPSA) is 110 Å².